The minimum absolute atomic E-state index is 0.0162. The van der Waals surface area contributed by atoms with E-state index in [9.17, 15) is 14.9 Å². The molecule has 5 heteroatoms. The van der Waals surface area contributed by atoms with Gasteiger partial charge in [-0.25, -0.2) is 4.79 Å². The lowest BCUT2D eigenvalue weighted by Gasteiger charge is -2.67. The molecule has 0 unspecified atom stereocenters. The average Bonchev–Trinajstić information content (AvgIpc) is 2.59. The second-order valence-corrected chi connectivity index (χ2v) is 7.43. The molecule has 0 heterocycles. The van der Waals surface area contributed by atoms with E-state index < -0.39 is 4.92 Å². The number of nitro groups is 1. The molecule has 4 rings (SSSR count). The summed E-state index contributed by atoms with van der Waals surface area (Å²) in [6.45, 7) is 0. The number of nitro benzene ring substituents is 1. The van der Waals surface area contributed by atoms with Gasteiger partial charge in [0.25, 0.3) is 5.69 Å². The Morgan fingerprint density at radius 2 is 1.83 bits per heavy atom. The lowest BCUT2D eigenvalue weighted by atomic mass is 9.39. The minimum atomic E-state index is -0.468. The van der Waals surface area contributed by atoms with E-state index in [4.69, 9.17) is 4.74 Å². The molecule has 126 valence electrons. The molecule has 0 N–H and O–H groups in total. The van der Waals surface area contributed by atoms with E-state index >= 15 is 0 Å². The Kier molecular flexibility index (Phi) is 3.48. The molecule has 0 radical (unpaired) electrons. The van der Waals surface area contributed by atoms with Crippen molar-refractivity contribution in [2.45, 2.75) is 51.0 Å². The third kappa shape index (κ3) is 2.10. The maximum absolute atomic E-state index is 12.5. The second kappa shape index (κ2) is 5.43. The topological polar surface area (TPSA) is 69.4 Å². The summed E-state index contributed by atoms with van der Waals surface area (Å²) in [5.41, 5.74) is 0.825. The smallest absolute Gasteiger partial charge is 0.338 e. The van der Waals surface area contributed by atoms with Gasteiger partial charge in [0, 0.05) is 17.5 Å². The number of allylic oxidation sites excluding steroid dienone is 2. The Bertz CT molecular complexity index is 711. The van der Waals surface area contributed by atoms with Crippen molar-refractivity contribution in [2.75, 3.05) is 0 Å². The number of carbonyl (C=O) groups is 1. The highest BCUT2D eigenvalue weighted by Gasteiger charge is 2.66. The molecule has 3 aliphatic rings. The summed E-state index contributed by atoms with van der Waals surface area (Å²) >= 11 is 0. The maximum atomic E-state index is 12.5. The molecule has 1 aromatic carbocycles. The summed E-state index contributed by atoms with van der Waals surface area (Å²) in [5, 5.41) is 10.7. The van der Waals surface area contributed by atoms with Gasteiger partial charge < -0.3 is 4.74 Å². The Balaban J connectivity index is 1.50. The summed E-state index contributed by atoms with van der Waals surface area (Å²) in [4.78, 5) is 22.7. The lowest BCUT2D eigenvalue weighted by molar-refractivity contribution is -0.384. The van der Waals surface area contributed by atoms with Gasteiger partial charge in [-0.05, 0) is 49.7 Å². The van der Waals surface area contributed by atoms with Crippen LogP contribution in [-0.2, 0) is 4.74 Å². The van der Waals surface area contributed by atoms with Crippen molar-refractivity contribution in [1.82, 2.24) is 0 Å². The Morgan fingerprint density at radius 1 is 1.12 bits per heavy atom. The molecule has 5 nitrogen and oxygen atoms in total. The largest absolute Gasteiger partial charge is 0.458 e. The molecule has 0 aromatic heterocycles. The second-order valence-electron chi connectivity index (χ2n) is 7.43. The van der Waals surface area contributed by atoms with Crippen LogP contribution >= 0.6 is 0 Å². The van der Waals surface area contributed by atoms with Crippen LogP contribution in [0, 0.1) is 20.9 Å². The molecule has 0 spiro atoms. The standard InChI is InChI=1S/C19H21NO4/c21-17(14-5-7-15(8-6-14)20(22)23)24-16-13-18-9-1-3-11-19(16,18)12-4-2-10-18/h1,3,5-8,16H,2,4,9-13H2/t16-,18+,19+/m0/s1. The van der Waals surface area contributed by atoms with Gasteiger partial charge in [0.05, 0.1) is 10.5 Å². The van der Waals surface area contributed by atoms with Gasteiger partial charge in [0.1, 0.15) is 6.10 Å². The molecular weight excluding hydrogens is 306 g/mol. The highest BCUT2D eigenvalue weighted by molar-refractivity contribution is 5.89. The van der Waals surface area contributed by atoms with Crippen molar-refractivity contribution < 1.29 is 14.5 Å². The fraction of sp³-hybridized carbons (Fsp3) is 0.526. The van der Waals surface area contributed by atoms with Gasteiger partial charge >= 0.3 is 5.97 Å². The SMILES string of the molecule is O=C(O[C@H]1C[C@]23CC=CC[C@@]12CCCC3)c1ccc([N+](=O)[O-])cc1. The Labute approximate surface area is 140 Å². The zero-order valence-electron chi connectivity index (χ0n) is 13.6. The predicted octanol–water partition coefficient (Wildman–Crippen LogP) is 4.42. The van der Waals surface area contributed by atoms with Gasteiger partial charge in [0.2, 0.25) is 0 Å². The molecule has 0 bridgehead atoms. The van der Waals surface area contributed by atoms with Crippen molar-refractivity contribution in [3.8, 4) is 0 Å². The molecule has 2 saturated carbocycles. The van der Waals surface area contributed by atoms with Gasteiger partial charge in [-0.15, -0.1) is 0 Å². The molecular formula is C19H21NO4. The fourth-order valence-electron chi connectivity index (χ4n) is 5.16. The monoisotopic (exact) mass is 327 g/mol. The summed E-state index contributed by atoms with van der Waals surface area (Å²) in [5.74, 6) is -0.363. The number of nitrogens with zero attached hydrogens (tertiary/aromatic N) is 1. The first-order chi connectivity index (χ1) is 11.6. The van der Waals surface area contributed by atoms with E-state index in [2.05, 4.69) is 12.2 Å². The third-order valence-corrected chi connectivity index (χ3v) is 6.50. The van der Waals surface area contributed by atoms with Crippen LogP contribution in [0.4, 0.5) is 5.69 Å². The summed E-state index contributed by atoms with van der Waals surface area (Å²) in [7, 11) is 0. The summed E-state index contributed by atoms with van der Waals surface area (Å²) in [6.07, 6.45) is 12.4. The van der Waals surface area contributed by atoms with Crippen LogP contribution in [0.1, 0.15) is 55.3 Å². The van der Waals surface area contributed by atoms with Crippen LogP contribution in [-0.4, -0.2) is 17.0 Å². The molecule has 3 atom stereocenters. The first-order valence-electron chi connectivity index (χ1n) is 8.67. The molecule has 0 saturated heterocycles. The number of esters is 1. The zero-order chi connectivity index (χ0) is 16.8. The average molecular weight is 327 g/mol. The molecule has 3 aliphatic carbocycles. The zero-order valence-corrected chi connectivity index (χ0v) is 13.6. The van der Waals surface area contributed by atoms with Crippen molar-refractivity contribution >= 4 is 11.7 Å². The van der Waals surface area contributed by atoms with E-state index in [1.54, 1.807) is 0 Å². The molecule has 1 aromatic rings. The number of hydrogen-bond donors (Lipinski definition) is 0. The van der Waals surface area contributed by atoms with Crippen molar-refractivity contribution in [2.24, 2.45) is 10.8 Å². The summed E-state index contributed by atoms with van der Waals surface area (Å²) in [6, 6.07) is 5.66. The van der Waals surface area contributed by atoms with Crippen LogP contribution in [0.5, 0.6) is 0 Å². The van der Waals surface area contributed by atoms with Crippen LogP contribution in [0.25, 0.3) is 0 Å². The number of hydrogen-bond acceptors (Lipinski definition) is 4. The lowest BCUT2D eigenvalue weighted by Crippen LogP contribution is -2.64. The number of carbonyl (C=O) groups excluding carboxylic acids is 1. The highest BCUT2D eigenvalue weighted by atomic mass is 16.6. The van der Waals surface area contributed by atoms with Crippen molar-refractivity contribution in [3.63, 3.8) is 0 Å². The molecule has 0 aliphatic heterocycles. The number of non-ortho nitro benzene ring substituents is 1. The predicted molar refractivity (Wildman–Crippen MR) is 88.6 cm³/mol. The van der Waals surface area contributed by atoms with E-state index in [1.807, 2.05) is 0 Å². The van der Waals surface area contributed by atoms with E-state index in [0.717, 1.165) is 25.7 Å². The van der Waals surface area contributed by atoms with E-state index in [-0.39, 0.29) is 23.2 Å². The number of ether oxygens (including phenoxy) is 1. The Morgan fingerprint density at radius 3 is 2.58 bits per heavy atom. The van der Waals surface area contributed by atoms with Crippen LogP contribution < -0.4 is 0 Å². The minimum Gasteiger partial charge on any atom is -0.458 e. The van der Waals surface area contributed by atoms with Gasteiger partial charge in [-0.3, -0.25) is 10.1 Å². The van der Waals surface area contributed by atoms with Gasteiger partial charge in [0.15, 0.2) is 0 Å². The van der Waals surface area contributed by atoms with Crippen molar-refractivity contribution in [3.05, 3.63) is 52.1 Å². The maximum Gasteiger partial charge on any atom is 0.338 e. The van der Waals surface area contributed by atoms with Gasteiger partial charge in [-0.2, -0.15) is 0 Å². The summed E-state index contributed by atoms with van der Waals surface area (Å²) < 4.78 is 5.85. The number of rotatable bonds is 3. The van der Waals surface area contributed by atoms with Crippen LogP contribution in [0.3, 0.4) is 0 Å². The first kappa shape index (κ1) is 15.4. The van der Waals surface area contributed by atoms with Gasteiger partial charge in [-0.1, -0.05) is 25.0 Å². The van der Waals surface area contributed by atoms with E-state index in [1.165, 1.54) is 43.5 Å². The van der Waals surface area contributed by atoms with Crippen molar-refractivity contribution in [1.29, 1.82) is 0 Å². The quantitative estimate of drug-likeness (QED) is 0.356. The normalized spacial score (nSPS) is 33.8. The van der Waals surface area contributed by atoms with Crippen LogP contribution in [0.15, 0.2) is 36.4 Å². The highest BCUT2D eigenvalue weighted by Crippen LogP contribution is 2.70. The van der Waals surface area contributed by atoms with E-state index in [0.29, 0.717) is 11.0 Å². The molecule has 24 heavy (non-hydrogen) atoms. The molecule has 2 fully saturated rings. The Hall–Kier alpha value is -2.17. The third-order valence-electron chi connectivity index (χ3n) is 6.50. The first-order valence-corrected chi connectivity index (χ1v) is 8.67. The van der Waals surface area contributed by atoms with Crippen LogP contribution in [0.2, 0.25) is 0 Å². The number of benzene rings is 1. The fourth-order valence-corrected chi connectivity index (χ4v) is 5.16. The molecule has 0 amide bonds.